The van der Waals surface area contributed by atoms with E-state index in [4.69, 9.17) is 4.74 Å². The van der Waals surface area contributed by atoms with Crippen LogP contribution in [0.1, 0.15) is 17.4 Å². The zero-order valence-corrected chi connectivity index (χ0v) is 17.1. The maximum Gasteiger partial charge on any atom is 0.273 e. The molecule has 0 aliphatic carbocycles. The maximum absolute atomic E-state index is 12.1. The number of ether oxygens (including phenoxy) is 1. The van der Waals surface area contributed by atoms with Crippen molar-refractivity contribution in [1.29, 1.82) is 0 Å². The van der Waals surface area contributed by atoms with Crippen LogP contribution in [-0.4, -0.2) is 24.5 Å². The zero-order valence-electron chi connectivity index (χ0n) is 14.7. The summed E-state index contributed by atoms with van der Waals surface area (Å²) in [6, 6.07) is 20.2. The highest BCUT2D eigenvalue weighted by Crippen LogP contribution is 2.46. The first-order valence-corrected chi connectivity index (χ1v) is 11.0. The Labute approximate surface area is 171 Å². The number of anilines is 2. The van der Waals surface area contributed by atoms with Gasteiger partial charge in [-0.15, -0.1) is 0 Å². The Morgan fingerprint density at radius 3 is 2.14 bits per heavy atom. The van der Waals surface area contributed by atoms with Crippen LogP contribution in [0.2, 0.25) is 0 Å². The number of aromatic nitrogens is 1. The van der Waals surface area contributed by atoms with Gasteiger partial charge >= 0.3 is 0 Å². The van der Waals surface area contributed by atoms with Crippen LogP contribution < -0.4 is 9.64 Å². The fourth-order valence-electron chi connectivity index (χ4n) is 3.32. The van der Waals surface area contributed by atoms with Gasteiger partial charge < -0.3 is 9.64 Å². The molecule has 0 saturated carbocycles. The molecule has 3 aromatic rings. The molecule has 1 unspecified atom stereocenters. The zero-order chi connectivity index (χ0) is 19.7. The minimum atomic E-state index is -4.33. The van der Waals surface area contributed by atoms with Gasteiger partial charge in [-0.3, -0.25) is 4.55 Å². The molecule has 0 bridgehead atoms. The third-order valence-electron chi connectivity index (χ3n) is 4.57. The minimum absolute atomic E-state index is 0.158. The van der Waals surface area contributed by atoms with Crippen LogP contribution in [0.15, 0.2) is 71.3 Å². The van der Waals surface area contributed by atoms with Crippen LogP contribution in [0, 0.1) is 0 Å². The highest BCUT2D eigenvalue weighted by Gasteiger charge is 2.30. The van der Waals surface area contributed by atoms with Gasteiger partial charge in [0.1, 0.15) is 9.85 Å². The van der Waals surface area contributed by atoms with Gasteiger partial charge in [-0.05, 0) is 58.7 Å². The Balaban J connectivity index is 1.69. The fraction of sp³-hybridized carbons (Fsp3) is 0.150. The Bertz CT molecular complexity index is 1070. The highest BCUT2D eigenvalue weighted by molar-refractivity contribution is 9.10. The van der Waals surface area contributed by atoms with E-state index in [0.717, 1.165) is 11.4 Å². The second-order valence-electron chi connectivity index (χ2n) is 6.37. The van der Waals surface area contributed by atoms with Crippen LogP contribution in [0.25, 0.3) is 0 Å². The normalized spacial score (nSPS) is 14.0. The maximum atomic E-state index is 12.1. The second-order valence-corrected chi connectivity index (χ2v) is 8.78. The summed E-state index contributed by atoms with van der Waals surface area (Å²) < 4.78 is 40.4. The van der Waals surface area contributed by atoms with Crippen molar-refractivity contribution in [3.8, 4) is 11.5 Å². The number of nitrogens with zero attached hydrogens (tertiary/aromatic N) is 2. The number of pyridine rings is 1. The topological polar surface area (TPSA) is 79.7 Å². The lowest BCUT2D eigenvalue weighted by Gasteiger charge is -2.33. The summed E-state index contributed by atoms with van der Waals surface area (Å²) in [5.74, 6) is 1.40. The molecule has 1 N–H and O–H groups in total. The fourth-order valence-corrected chi connectivity index (χ4v) is 4.52. The van der Waals surface area contributed by atoms with Crippen molar-refractivity contribution in [2.45, 2.75) is 11.7 Å². The first kappa shape index (κ1) is 18.9. The molecule has 0 spiro atoms. The van der Waals surface area contributed by atoms with Gasteiger partial charge in [0.15, 0.2) is 11.5 Å². The number of rotatable bonds is 5. The van der Waals surface area contributed by atoms with Gasteiger partial charge in [-0.1, -0.05) is 30.3 Å². The van der Waals surface area contributed by atoms with Crippen LogP contribution in [0.5, 0.6) is 11.5 Å². The number of hydrogen-bond donors (Lipinski definition) is 1. The van der Waals surface area contributed by atoms with Crippen LogP contribution >= 0.6 is 15.9 Å². The van der Waals surface area contributed by atoms with Crippen LogP contribution in [0.3, 0.4) is 0 Å². The SMILES string of the molecule is O=S(=O)(O)C(CCN1c2ccccc2Oc2ccccc21)c1cccc(Br)n1. The summed E-state index contributed by atoms with van der Waals surface area (Å²) in [5, 5.41) is -1.13. The highest BCUT2D eigenvalue weighted by atomic mass is 79.9. The molecule has 8 heteroatoms. The molecule has 1 aromatic heterocycles. The molecule has 4 rings (SSSR count). The number of fused-ring (bicyclic) bond motifs is 2. The van der Waals surface area contributed by atoms with Gasteiger partial charge in [-0.25, -0.2) is 4.98 Å². The van der Waals surface area contributed by atoms with Crippen molar-refractivity contribution in [2.75, 3.05) is 11.4 Å². The monoisotopic (exact) mass is 460 g/mol. The van der Waals surface area contributed by atoms with Crippen molar-refractivity contribution in [3.05, 3.63) is 77.0 Å². The average molecular weight is 461 g/mol. The van der Waals surface area contributed by atoms with Gasteiger partial charge in [-0.2, -0.15) is 8.42 Å². The van der Waals surface area contributed by atoms with Crippen molar-refractivity contribution in [1.82, 2.24) is 4.98 Å². The van der Waals surface area contributed by atoms with E-state index in [2.05, 4.69) is 20.9 Å². The third kappa shape index (κ3) is 3.76. The summed E-state index contributed by atoms with van der Waals surface area (Å²) in [4.78, 5) is 6.23. The van der Waals surface area contributed by atoms with Crippen LogP contribution in [0.4, 0.5) is 11.4 Å². The standard InChI is InChI=1S/C20H17BrN2O4S/c21-20-11-5-6-14(22-20)19(28(24,25)26)12-13-23-15-7-1-3-9-17(15)27-18-10-4-2-8-16(18)23/h1-11,19H,12-13H2,(H,24,25,26). The van der Waals surface area contributed by atoms with E-state index in [9.17, 15) is 13.0 Å². The van der Waals surface area contributed by atoms with Crippen molar-refractivity contribution >= 4 is 37.4 Å². The van der Waals surface area contributed by atoms with Gasteiger partial charge in [0.2, 0.25) is 0 Å². The molecule has 1 aliphatic rings. The lowest BCUT2D eigenvalue weighted by molar-refractivity contribution is 0.459. The predicted molar refractivity (Wildman–Crippen MR) is 111 cm³/mol. The molecule has 1 atom stereocenters. The number of hydrogen-bond acceptors (Lipinski definition) is 5. The molecule has 1 aliphatic heterocycles. The molecule has 6 nitrogen and oxygen atoms in total. The van der Waals surface area contributed by atoms with Crippen molar-refractivity contribution in [3.63, 3.8) is 0 Å². The average Bonchev–Trinajstić information content (AvgIpc) is 2.66. The summed E-state index contributed by atoms with van der Waals surface area (Å²) in [5.41, 5.74) is 1.99. The second kappa shape index (κ2) is 7.54. The number of benzene rings is 2. The molecule has 0 amide bonds. The van der Waals surface area contributed by atoms with Crippen LogP contribution in [-0.2, 0) is 10.1 Å². The van der Waals surface area contributed by atoms with E-state index in [1.165, 1.54) is 0 Å². The van der Waals surface area contributed by atoms with E-state index < -0.39 is 15.4 Å². The van der Waals surface area contributed by atoms with E-state index in [-0.39, 0.29) is 6.42 Å². The molecule has 28 heavy (non-hydrogen) atoms. The quantitative estimate of drug-likeness (QED) is 0.420. The van der Waals surface area contributed by atoms with E-state index in [1.54, 1.807) is 18.2 Å². The number of para-hydroxylation sites is 4. The Morgan fingerprint density at radius 2 is 1.57 bits per heavy atom. The predicted octanol–water partition coefficient (Wildman–Crippen LogP) is 5.11. The molecule has 2 aromatic carbocycles. The van der Waals surface area contributed by atoms with Crippen molar-refractivity contribution < 1.29 is 17.7 Å². The van der Waals surface area contributed by atoms with E-state index in [0.29, 0.717) is 28.3 Å². The minimum Gasteiger partial charge on any atom is -0.453 e. The van der Waals surface area contributed by atoms with Crippen molar-refractivity contribution in [2.24, 2.45) is 0 Å². The molecular formula is C20H17BrN2O4S. The molecule has 0 fully saturated rings. The molecule has 2 heterocycles. The van der Waals surface area contributed by atoms with Gasteiger partial charge in [0.05, 0.1) is 17.1 Å². The molecule has 0 saturated heterocycles. The molecule has 0 radical (unpaired) electrons. The molecular weight excluding hydrogens is 444 g/mol. The third-order valence-corrected chi connectivity index (χ3v) is 6.21. The lowest BCUT2D eigenvalue weighted by Crippen LogP contribution is -2.26. The summed E-state index contributed by atoms with van der Waals surface area (Å²) in [6.45, 7) is 0.357. The summed E-state index contributed by atoms with van der Waals surface area (Å²) in [7, 11) is -4.33. The largest absolute Gasteiger partial charge is 0.453 e. The first-order valence-electron chi connectivity index (χ1n) is 8.66. The summed E-state index contributed by atoms with van der Waals surface area (Å²) >= 11 is 3.25. The number of halogens is 1. The first-order chi connectivity index (χ1) is 13.4. The van der Waals surface area contributed by atoms with Gasteiger partial charge in [0.25, 0.3) is 10.1 Å². The Hall–Kier alpha value is -2.42. The summed E-state index contributed by atoms with van der Waals surface area (Å²) in [6.07, 6.45) is 0.158. The van der Waals surface area contributed by atoms with E-state index in [1.807, 2.05) is 53.4 Å². The van der Waals surface area contributed by atoms with Gasteiger partial charge in [0, 0.05) is 6.54 Å². The smallest absolute Gasteiger partial charge is 0.273 e. The van der Waals surface area contributed by atoms with E-state index >= 15 is 0 Å². The Morgan fingerprint density at radius 1 is 0.964 bits per heavy atom. The Kier molecular flexibility index (Phi) is 5.09. The molecule has 144 valence electrons. The lowest BCUT2D eigenvalue weighted by atomic mass is 10.1.